The van der Waals surface area contributed by atoms with Crippen molar-refractivity contribution in [2.75, 3.05) is 6.61 Å². The van der Waals surface area contributed by atoms with Gasteiger partial charge in [-0.1, -0.05) is 27.5 Å². The number of rotatable bonds is 5. The number of ether oxygens (including phenoxy) is 1. The van der Waals surface area contributed by atoms with Gasteiger partial charge in [0.15, 0.2) is 6.61 Å². The lowest BCUT2D eigenvalue weighted by molar-refractivity contribution is -0.146. The standard InChI is InChI=1S/C13H13BrClNO4/c14-8-1-2-11(10(15)5-8)20-6-12(17)16-9-3-7(4-9)13(18)19/h1-2,5,7,9H,3-4,6H2,(H,16,17)(H,18,19). The number of benzene rings is 1. The van der Waals surface area contributed by atoms with Gasteiger partial charge in [0.1, 0.15) is 5.75 Å². The topological polar surface area (TPSA) is 75.6 Å². The van der Waals surface area contributed by atoms with E-state index in [1.807, 2.05) is 0 Å². The fraction of sp³-hybridized carbons (Fsp3) is 0.385. The number of amides is 1. The van der Waals surface area contributed by atoms with Crippen LogP contribution < -0.4 is 10.1 Å². The highest BCUT2D eigenvalue weighted by Crippen LogP contribution is 2.28. The highest BCUT2D eigenvalue weighted by molar-refractivity contribution is 9.10. The lowest BCUT2D eigenvalue weighted by Crippen LogP contribution is -2.48. The molecule has 0 atom stereocenters. The predicted octanol–water partition coefficient (Wildman–Crippen LogP) is 2.46. The van der Waals surface area contributed by atoms with Gasteiger partial charge >= 0.3 is 5.97 Å². The fourth-order valence-electron chi connectivity index (χ4n) is 1.94. The van der Waals surface area contributed by atoms with Gasteiger partial charge in [-0.3, -0.25) is 9.59 Å². The summed E-state index contributed by atoms with van der Waals surface area (Å²) in [5, 5.41) is 11.9. The number of aliphatic carboxylic acids is 1. The summed E-state index contributed by atoms with van der Waals surface area (Å²) < 4.78 is 6.14. The molecule has 1 fully saturated rings. The van der Waals surface area contributed by atoms with Crippen LogP contribution in [0, 0.1) is 5.92 Å². The first-order valence-corrected chi connectivity index (χ1v) is 7.23. The van der Waals surface area contributed by atoms with Crippen LogP contribution in [0.1, 0.15) is 12.8 Å². The third kappa shape index (κ3) is 3.86. The Morgan fingerprint density at radius 3 is 2.75 bits per heavy atom. The van der Waals surface area contributed by atoms with Crippen LogP contribution in [0.5, 0.6) is 5.75 Å². The van der Waals surface area contributed by atoms with Gasteiger partial charge in [-0.05, 0) is 31.0 Å². The van der Waals surface area contributed by atoms with Crippen molar-refractivity contribution in [2.24, 2.45) is 5.92 Å². The summed E-state index contributed by atoms with van der Waals surface area (Å²) in [4.78, 5) is 22.3. The van der Waals surface area contributed by atoms with Crippen LogP contribution in [0.4, 0.5) is 0 Å². The molecule has 0 radical (unpaired) electrons. The molecule has 2 rings (SSSR count). The molecule has 20 heavy (non-hydrogen) atoms. The Morgan fingerprint density at radius 2 is 2.15 bits per heavy atom. The summed E-state index contributed by atoms with van der Waals surface area (Å²) >= 11 is 9.24. The van der Waals surface area contributed by atoms with Crippen molar-refractivity contribution in [3.05, 3.63) is 27.7 Å². The van der Waals surface area contributed by atoms with E-state index in [0.717, 1.165) is 4.47 Å². The minimum atomic E-state index is -0.812. The Morgan fingerprint density at radius 1 is 1.45 bits per heavy atom. The lowest BCUT2D eigenvalue weighted by Gasteiger charge is -2.32. The molecular formula is C13H13BrClNO4. The normalized spacial score (nSPS) is 20.9. The smallest absolute Gasteiger partial charge is 0.306 e. The van der Waals surface area contributed by atoms with Crippen molar-refractivity contribution < 1.29 is 19.4 Å². The molecule has 7 heteroatoms. The van der Waals surface area contributed by atoms with Crippen molar-refractivity contribution in [3.8, 4) is 5.75 Å². The Labute approximate surface area is 129 Å². The number of nitrogens with one attached hydrogen (secondary N) is 1. The highest BCUT2D eigenvalue weighted by atomic mass is 79.9. The van der Waals surface area contributed by atoms with Crippen molar-refractivity contribution in [1.29, 1.82) is 0 Å². The van der Waals surface area contributed by atoms with E-state index >= 15 is 0 Å². The lowest BCUT2D eigenvalue weighted by atomic mass is 9.80. The molecule has 1 aliphatic rings. The average Bonchev–Trinajstić information content (AvgIpc) is 2.31. The third-order valence-corrected chi connectivity index (χ3v) is 3.89. The van der Waals surface area contributed by atoms with E-state index in [9.17, 15) is 9.59 Å². The van der Waals surface area contributed by atoms with Crippen molar-refractivity contribution in [3.63, 3.8) is 0 Å². The molecule has 0 saturated heterocycles. The van der Waals surface area contributed by atoms with Crippen LogP contribution in [-0.2, 0) is 9.59 Å². The Hall–Kier alpha value is -1.27. The fourth-order valence-corrected chi connectivity index (χ4v) is 2.67. The van der Waals surface area contributed by atoms with Gasteiger partial charge in [-0.2, -0.15) is 0 Å². The number of hydrogen-bond donors (Lipinski definition) is 2. The molecule has 108 valence electrons. The molecule has 1 saturated carbocycles. The first kappa shape index (κ1) is 15.1. The van der Waals surface area contributed by atoms with Crippen LogP contribution in [0.25, 0.3) is 0 Å². The zero-order valence-corrected chi connectivity index (χ0v) is 12.8. The summed E-state index contributed by atoms with van der Waals surface area (Å²) in [6.45, 7) is -0.143. The van der Waals surface area contributed by atoms with E-state index in [0.29, 0.717) is 23.6 Å². The Balaban J connectivity index is 1.74. The van der Waals surface area contributed by atoms with Crippen LogP contribution in [0.2, 0.25) is 5.02 Å². The molecular weight excluding hydrogens is 350 g/mol. The molecule has 0 bridgehead atoms. The summed E-state index contributed by atoms with van der Waals surface area (Å²) in [5.41, 5.74) is 0. The maximum absolute atomic E-state index is 11.6. The zero-order chi connectivity index (χ0) is 14.7. The van der Waals surface area contributed by atoms with Gasteiger partial charge in [0, 0.05) is 10.5 Å². The van der Waals surface area contributed by atoms with E-state index < -0.39 is 5.97 Å². The van der Waals surface area contributed by atoms with Gasteiger partial charge in [-0.15, -0.1) is 0 Å². The quantitative estimate of drug-likeness (QED) is 0.844. The summed E-state index contributed by atoms with van der Waals surface area (Å²) in [6, 6.07) is 5.04. The summed E-state index contributed by atoms with van der Waals surface area (Å²) in [6.07, 6.45) is 0.945. The molecule has 0 aromatic heterocycles. The third-order valence-electron chi connectivity index (χ3n) is 3.11. The van der Waals surface area contributed by atoms with Gasteiger partial charge in [0.05, 0.1) is 10.9 Å². The maximum Gasteiger partial charge on any atom is 0.306 e. The second-order valence-corrected chi connectivity index (χ2v) is 5.96. The number of carbonyl (C=O) groups excluding carboxylic acids is 1. The molecule has 0 heterocycles. The first-order chi connectivity index (χ1) is 9.45. The number of hydrogen-bond acceptors (Lipinski definition) is 3. The van der Waals surface area contributed by atoms with Crippen LogP contribution >= 0.6 is 27.5 Å². The molecule has 0 spiro atoms. The Kier molecular flexibility index (Phi) is 4.88. The second kappa shape index (κ2) is 6.45. The van der Waals surface area contributed by atoms with E-state index in [1.165, 1.54) is 0 Å². The summed E-state index contributed by atoms with van der Waals surface area (Å²) in [7, 11) is 0. The maximum atomic E-state index is 11.6. The number of carboxylic acids is 1. The van der Waals surface area contributed by atoms with Gasteiger partial charge in [0.2, 0.25) is 0 Å². The summed E-state index contributed by atoms with van der Waals surface area (Å²) in [5.74, 6) is -1.00. The monoisotopic (exact) mass is 361 g/mol. The van der Waals surface area contributed by atoms with Crippen LogP contribution in [-0.4, -0.2) is 29.6 Å². The molecule has 0 aliphatic heterocycles. The minimum Gasteiger partial charge on any atom is -0.482 e. The second-order valence-electron chi connectivity index (χ2n) is 4.63. The average molecular weight is 363 g/mol. The molecule has 1 aliphatic carbocycles. The van der Waals surface area contributed by atoms with E-state index in [4.69, 9.17) is 21.4 Å². The van der Waals surface area contributed by atoms with E-state index in [-0.39, 0.29) is 24.5 Å². The first-order valence-electron chi connectivity index (χ1n) is 6.05. The van der Waals surface area contributed by atoms with Gasteiger partial charge < -0.3 is 15.2 Å². The number of halogens is 2. The van der Waals surface area contributed by atoms with Gasteiger partial charge in [0.25, 0.3) is 5.91 Å². The molecule has 1 aromatic rings. The largest absolute Gasteiger partial charge is 0.482 e. The Bertz CT molecular complexity index is 531. The van der Waals surface area contributed by atoms with Crippen LogP contribution in [0.15, 0.2) is 22.7 Å². The SMILES string of the molecule is O=C(COc1ccc(Br)cc1Cl)NC1CC(C(=O)O)C1. The molecule has 1 aromatic carbocycles. The van der Waals surface area contributed by atoms with Crippen molar-refractivity contribution in [1.82, 2.24) is 5.32 Å². The number of carboxylic acid groups (broad SMARTS) is 1. The van der Waals surface area contributed by atoms with Crippen molar-refractivity contribution in [2.45, 2.75) is 18.9 Å². The zero-order valence-electron chi connectivity index (χ0n) is 10.4. The van der Waals surface area contributed by atoms with Gasteiger partial charge in [-0.25, -0.2) is 0 Å². The highest BCUT2D eigenvalue weighted by Gasteiger charge is 2.35. The molecule has 2 N–H and O–H groups in total. The van der Waals surface area contributed by atoms with Crippen LogP contribution in [0.3, 0.4) is 0 Å². The van der Waals surface area contributed by atoms with E-state index in [1.54, 1.807) is 18.2 Å². The molecule has 1 amide bonds. The molecule has 0 unspecified atom stereocenters. The van der Waals surface area contributed by atoms with Crippen molar-refractivity contribution >= 4 is 39.4 Å². The predicted molar refractivity (Wildman–Crippen MR) is 76.9 cm³/mol. The molecule has 5 nitrogen and oxygen atoms in total. The number of carbonyl (C=O) groups is 2. The minimum absolute atomic E-state index is 0.0763. The van der Waals surface area contributed by atoms with E-state index in [2.05, 4.69) is 21.2 Å².